The van der Waals surface area contributed by atoms with E-state index in [9.17, 15) is 4.79 Å². The highest BCUT2D eigenvalue weighted by molar-refractivity contribution is 7.99. The van der Waals surface area contributed by atoms with Crippen molar-refractivity contribution < 1.29 is 9.21 Å². The van der Waals surface area contributed by atoms with Crippen LogP contribution in [0.5, 0.6) is 0 Å². The number of benzene rings is 1. The summed E-state index contributed by atoms with van der Waals surface area (Å²) in [5, 5.41) is 11.7. The molecule has 0 aliphatic heterocycles. The van der Waals surface area contributed by atoms with Gasteiger partial charge in [-0.3, -0.25) is 4.79 Å². The number of nitrogens with zero attached hydrogens (tertiary/aromatic N) is 2. The summed E-state index contributed by atoms with van der Waals surface area (Å²) >= 11 is 12.9. The van der Waals surface area contributed by atoms with E-state index in [4.69, 9.17) is 27.6 Å². The third-order valence-corrected chi connectivity index (χ3v) is 4.00. The molecule has 0 unspecified atom stereocenters. The summed E-state index contributed by atoms with van der Waals surface area (Å²) in [7, 11) is 0. The fourth-order valence-electron chi connectivity index (χ4n) is 1.41. The molecule has 112 valence electrons. The number of nitrogens with one attached hydrogen (secondary N) is 1. The van der Waals surface area contributed by atoms with E-state index in [0.29, 0.717) is 26.8 Å². The number of carbonyl (C=O) groups excluding carboxylic acids is 1. The third kappa shape index (κ3) is 4.62. The number of anilines is 1. The Kier molecular flexibility index (Phi) is 5.50. The number of aromatic nitrogens is 2. The molecule has 1 aromatic carbocycles. The van der Waals surface area contributed by atoms with Crippen LogP contribution in [0.4, 0.5) is 5.69 Å². The molecule has 5 nitrogen and oxygen atoms in total. The fraction of sp³-hybridized carbons (Fsp3) is 0.308. The monoisotopic (exact) mass is 345 g/mol. The quantitative estimate of drug-likeness (QED) is 0.821. The molecule has 8 heteroatoms. The van der Waals surface area contributed by atoms with E-state index in [0.717, 1.165) is 0 Å². The number of hydrogen-bond acceptors (Lipinski definition) is 5. The van der Waals surface area contributed by atoms with Crippen LogP contribution in [0.25, 0.3) is 0 Å². The first-order chi connectivity index (χ1) is 9.95. The van der Waals surface area contributed by atoms with Gasteiger partial charge in [-0.25, -0.2) is 0 Å². The highest BCUT2D eigenvalue weighted by Gasteiger charge is 2.12. The van der Waals surface area contributed by atoms with E-state index in [1.165, 1.54) is 11.8 Å². The molecule has 1 aromatic heterocycles. The van der Waals surface area contributed by atoms with Gasteiger partial charge in [0, 0.05) is 11.6 Å². The van der Waals surface area contributed by atoms with Crippen LogP contribution in [0.2, 0.25) is 10.0 Å². The fourth-order valence-corrected chi connectivity index (χ4v) is 2.28. The molecule has 1 amide bonds. The van der Waals surface area contributed by atoms with Crippen molar-refractivity contribution in [2.45, 2.75) is 25.0 Å². The Bertz CT molecular complexity index is 646. The average Bonchev–Trinajstić information content (AvgIpc) is 2.90. The lowest BCUT2D eigenvalue weighted by molar-refractivity contribution is -0.113. The molecule has 0 aliphatic carbocycles. The molecule has 0 radical (unpaired) electrons. The van der Waals surface area contributed by atoms with E-state index < -0.39 is 0 Å². The molecular formula is C13H13Cl2N3O2S. The Labute approximate surface area is 136 Å². The standard InChI is InChI=1S/C13H13Cl2N3O2S/c1-7(2)12-17-18-13(20-12)21-6-11(19)16-8-3-4-9(14)10(15)5-8/h3-5,7H,6H2,1-2H3,(H,16,19). The summed E-state index contributed by atoms with van der Waals surface area (Å²) in [6.07, 6.45) is 0. The SMILES string of the molecule is CC(C)c1nnc(SCC(=O)Nc2ccc(Cl)c(Cl)c2)o1. The Balaban J connectivity index is 1.88. The molecular weight excluding hydrogens is 333 g/mol. The van der Waals surface area contributed by atoms with E-state index in [1.54, 1.807) is 18.2 Å². The van der Waals surface area contributed by atoms with Crippen molar-refractivity contribution in [2.75, 3.05) is 11.1 Å². The molecule has 0 saturated carbocycles. The van der Waals surface area contributed by atoms with Crippen molar-refractivity contribution in [3.05, 3.63) is 34.1 Å². The highest BCUT2D eigenvalue weighted by atomic mass is 35.5. The summed E-state index contributed by atoms with van der Waals surface area (Å²) in [5.74, 6) is 0.696. The number of halogens is 2. The second-order valence-electron chi connectivity index (χ2n) is 4.53. The Morgan fingerprint density at radius 3 is 2.71 bits per heavy atom. The van der Waals surface area contributed by atoms with E-state index in [-0.39, 0.29) is 17.6 Å². The van der Waals surface area contributed by atoms with Crippen molar-refractivity contribution in [2.24, 2.45) is 0 Å². The molecule has 0 aliphatic rings. The van der Waals surface area contributed by atoms with Crippen LogP contribution in [0, 0.1) is 0 Å². The first-order valence-electron chi connectivity index (χ1n) is 6.17. The van der Waals surface area contributed by atoms with Crippen LogP contribution >= 0.6 is 35.0 Å². The van der Waals surface area contributed by atoms with Crippen LogP contribution in [-0.4, -0.2) is 21.9 Å². The van der Waals surface area contributed by atoms with Crippen LogP contribution in [0.3, 0.4) is 0 Å². The summed E-state index contributed by atoms with van der Waals surface area (Å²) in [4.78, 5) is 11.8. The first kappa shape index (κ1) is 16.1. The van der Waals surface area contributed by atoms with Gasteiger partial charge in [0.15, 0.2) is 0 Å². The summed E-state index contributed by atoms with van der Waals surface area (Å²) < 4.78 is 5.40. The van der Waals surface area contributed by atoms with Crippen LogP contribution in [-0.2, 0) is 4.79 Å². The lowest BCUT2D eigenvalue weighted by Gasteiger charge is -2.05. The summed E-state index contributed by atoms with van der Waals surface area (Å²) in [5.41, 5.74) is 0.586. The number of carbonyl (C=O) groups is 1. The van der Waals surface area contributed by atoms with Crippen molar-refractivity contribution in [1.29, 1.82) is 0 Å². The first-order valence-corrected chi connectivity index (χ1v) is 7.91. The van der Waals surface area contributed by atoms with Gasteiger partial charge in [-0.2, -0.15) is 0 Å². The second kappa shape index (κ2) is 7.15. The van der Waals surface area contributed by atoms with Crippen molar-refractivity contribution in [3.63, 3.8) is 0 Å². The Morgan fingerprint density at radius 1 is 1.33 bits per heavy atom. The zero-order valence-electron chi connectivity index (χ0n) is 11.4. The van der Waals surface area contributed by atoms with Gasteiger partial charge in [-0.05, 0) is 18.2 Å². The number of amides is 1. The Hall–Kier alpha value is -1.24. The minimum absolute atomic E-state index is 0.164. The van der Waals surface area contributed by atoms with Gasteiger partial charge in [-0.1, -0.05) is 48.8 Å². The molecule has 0 saturated heterocycles. The molecule has 2 rings (SSSR count). The third-order valence-electron chi connectivity index (χ3n) is 2.45. The lowest BCUT2D eigenvalue weighted by Crippen LogP contribution is -2.13. The molecule has 0 spiro atoms. The number of rotatable bonds is 5. The van der Waals surface area contributed by atoms with Gasteiger partial charge in [0.25, 0.3) is 5.22 Å². The molecule has 1 N–H and O–H groups in total. The van der Waals surface area contributed by atoms with Crippen LogP contribution in [0.15, 0.2) is 27.8 Å². The van der Waals surface area contributed by atoms with Gasteiger partial charge >= 0.3 is 0 Å². The molecule has 0 bridgehead atoms. The van der Waals surface area contributed by atoms with Gasteiger partial charge in [-0.15, -0.1) is 10.2 Å². The van der Waals surface area contributed by atoms with Crippen molar-refractivity contribution in [1.82, 2.24) is 10.2 Å². The minimum atomic E-state index is -0.192. The molecule has 1 heterocycles. The second-order valence-corrected chi connectivity index (χ2v) is 6.27. The predicted molar refractivity (Wildman–Crippen MR) is 84.2 cm³/mol. The highest BCUT2D eigenvalue weighted by Crippen LogP contribution is 2.25. The lowest BCUT2D eigenvalue weighted by atomic mass is 10.2. The maximum Gasteiger partial charge on any atom is 0.277 e. The maximum absolute atomic E-state index is 11.8. The van der Waals surface area contributed by atoms with Gasteiger partial charge in [0.05, 0.1) is 15.8 Å². The van der Waals surface area contributed by atoms with Crippen LogP contribution < -0.4 is 5.32 Å². The molecule has 21 heavy (non-hydrogen) atoms. The molecule has 0 atom stereocenters. The van der Waals surface area contributed by atoms with Gasteiger partial charge in [0.2, 0.25) is 11.8 Å². The topological polar surface area (TPSA) is 68.0 Å². The van der Waals surface area contributed by atoms with Crippen LogP contribution in [0.1, 0.15) is 25.7 Å². The smallest absolute Gasteiger partial charge is 0.277 e. The zero-order valence-corrected chi connectivity index (χ0v) is 13.7. The minimum Gasteiger partial charge on any atom is -0.416 e. The summed E-state index contributed by atoms with van der Waals surface area (Å²) in [6.45, 7) is 3.91. The number of thioether (sulfide) groups is 1. The molecule has 2 aromatic rings. The Morgan fingerprint density at radius 2 is 2.10 bits per heavy atom. The molecule has 0 fully saturated rings. The largest absolute Gasteiger partial charge is 0.416 e. The average molecular weight is 346 g/mol. The van der Waals surface area contributed by atoms with Crippen molar-refractivity contribution in [3.8, 4) is 0 Å². The van der Waals surface area contributed by atoms with E-state index in [1.807, 2.05) is 13.8 Å². The maximum atomic E-state index is 11.8. The van der Waals surface area contributed by atoms with E-state index >= 15 is 0 Å². The van der Waals surface area contributed by atoms with Crippen molar-refractivity contribution >= 4 is 46.6 Å². The van der Waals surface area contributed by atoms with E-state index in [2.05, 4.69) is 15.5 Å². The predicted octanol–water partition coefficient (Wildman–Crippen LogP) is 4.23. The van der Waals surface area contributed by atoms with Gasteiger partial charge in [0.1, 0.15) is 0 Å². The number of hydrogen-bond donors (Lipinski definition) is 1. The van der Waals surface area contributed by atoms with Gasteiger partial charge < -0.3 is 9.73 Å². The summed E-state index contributed by atoms with van der Waals surface area (Å²) in [6, 6.07) is 4.90. The normalized spacial score (nSPS) is 10.9. The zero-order chi connectivity index (χ0) is 15.4.